The minimum absolute atomic E-state index is 0. The maximum atomic E-state index is 12.6. The number of carbonyl (C=O) groups is 1. The Morgan fingerprint density at radius 2 is 1.81 bits per heavy atom. The number of unbranched alkanes of at least 4 members (excludes halogenated alkanes) is 1. The second kappa shape index (κ2) is 11.5. The molecule has 1 heterocycles. The van der Waals surface area contributed by atoms with Crippen LogP contribution in [0.3, 0.4) is 0 Å². The van der Waals surface area contributed by atoms with E-state index < -0.39 is 10.2 Å². The number of likely N-dealkylation sites (N-methyl/N-ethyl adjacent to an activating group) is 1. The van der Waals surface area contributed by atoms with Gasteiger partial charge < -0.3 is 4.90 Å². The lowest BCUT2D eigenvalue weighted by atomic mass is 10.0. The number of fused-ring (bicyclic) bond motifs is 1. The Morgan fingerprint density at radius 3 is 2.53 bits per heavy atom. The van der Waals surface area contributed by atoms with Gasteiger partial charge >= 0.3 is 10.2 Å². The Labute approximate surface area is 202 Å². The summed E-state index contributed by atoms with van der Waals surface area (Å²) in [6.45, 7) is 2.13. The molecule has 2 aromatic rings. The lowest BCUT2D eigenvalue weighted by molar-refractivity contribution is 0.0978. The van der Waals surface area contributed by atoms with Gasteiger partial charge in [0.25, 0.3) is 0 Å². The van der Waals surface area contributed by atoms with Crippen LogP contribution in [0.4, 0.5) is 5.69 Å². The van der Waals surface area contributed by atoms with Crippen LogP contribution in [0.2, 0.25) is 5.02 Å². The van der Waals surface area contributed by atoms with E-state index in [0.29, 0.717) is 17.7 Å². The van der Waals surface area contributed by atoms with Crippen molar-refractivity contribution in [1.29, 1.82) is 0 Å². The highest BCUT2D eigenvalue weighted by Crippen LogP contribution is 2.31. The standard InChI is InChI=1S/C23H30ClN3O3S.ClH/c1-25(15-13-18-8-4-5-9-21(18)24)14-7-6-10-23(28)19-11-12-22-20(16-19)17-26(2)31(29,30)27(22)3;/h4-5,8-9,11-12,16H,6-7,10,13-15,17H2,1-3H3;1H. The van der Waals surface area contributed by atoms with Crippen molar-refractivity contribution in [3.8, 4) is 0 Å². The van der Waals surface area contributed by atoms with Crippen molar-refractivity contribution >= 4 is 45.7 Å². The third kappa shape index (κ3) is 6.23. The highest BCUT2D eigenvalue weighted by molar-refractivity contribution is 7.90. The summed E-state index contributed by atoms with van der Waals surface area (Å²) in [4.78, 5) is 14.9. The molecule has 0 atom stereocenters. The van der Waals surface area contributed by atoms with Crippen molar-refractivity contribution in [2.75, 3.05) is 38.5 Å². The maximum Gasteiger partial charge on any atom is 0.303 e. The molecule has 0 N–H and O–H groups in total. The number of anilines is 1. The van der Waals surface area contributed by atoms with Crippen LogP contribution in [-0.2, 0) is 23.2 Å². The van der Waals surface area contributed by atoms with Crippen molar-refractivity contribution < 1.29 is 13.2 Å². The van der Waals surface area contributed by atoms with Crippen LogP contribution >= 0.6 is 24.0 Å². The third-order valence-electron chi connectivity index (χ3n) is 5.79. The molecule has 0 aliphatic carbocycles. The Bertz CT molecular complexity index is 1050. The zero-order valence-corrected chi connectivity index (χ0v) is 21.1. The van der Waals surface area contributed by atoms with E-state index in [2.05, 4.69) is 18.0 Å². The topological polar surface area (TPSA) is 60.9 Å². The van der Waals surface area contributed by atoms with Crippen molar-refractivity contribution in [1.82, 2.24) is 9.21 Å². The van der Waals surface area contributed by atoms with Gasteiger partial charge in [-0.2, -0.15) is 12.7 Å². The third-order valence-corrected chi connectivity index (χ3v) is 7.96. The SMILES string of the molecule is CN(CCCCC(=O)c1ccc2c(c1)CN(C)S(=O)(=O)N2C)CCc1ccccc1Cl.Cl. The number of nitrogens with zero attached hydrogens (tertiary/aromatic N) is 3. The number of hydrogen-bond donors (Lipinski definition) is 0. The minimum atomic E-state index is -3.47. The molecule has 0 spiro atoms. The molecule has 1 aliphatic rings. The lowest BCUT2D eigenvalue weighted by Crippen LogP contribution is -2.43. The van der Waals surface area contributed by atoms with Crippen LogP contribution in [0.1, 0.15) is 40.7 Å². The molecule has 0 bridgehead atoms. The van der Waals surface area contributed by atoms with Crippen LogP contribution in [0, 0.1) is 0 Å². The van der Waals surface area contributed by atoms with Gasteiger partial charge in [-0.05, 0) is 68.2 Å². The molecule has 0 aromatic heterocycles. The largest absolute Gasteiger partial charge is 0.306 e. The van der Waals surface area contributed by atoms with E-state index in [-0.39, 0.29) is 24.7 Å². The van der Waals surface area contributed by atoms with Crippen LogP contribution in [-0.4, -0.2) is 57.6 Å². The van der Waals surface area contributed by atoms with Crippen molar-refractivity contribution in [2.24, 2.45) is 0 Å². The summed E-state index contributed by atoms with van der Waals surface area (Å²) in [5, 5.41) is 0.807. The molecule has 9 heteroatoms. The van der Waals surface area contributed by atoms with Gasteiger partial charge in [0.15, 0.2) is 5.78 Å². The number of halogens is 2. The number of hydrogen-bond acceptors (Lipinski definition) is 4. The molecule has 1 aliphatic heterocycles. The van der Waals surface area contributed by atoms with E-state index >= 15 is 0 Å². The quantitative estimate of drug-likeness (QED) is 0.378. The molecule has 0 fully saturated rings. The maximum absolute atomic E-state index is 12.6. The second-order valence-electron chi connectivity index (χ2n) is 8.10. The Kier molecular flexibility index (Phi) is 9.54. The second-order valence-corrected chi connectivity index (χ2v) is 10.6. The summed E-state index contributed by atoms with van der Waals surface area (Å²) < 4.78 is 27.0. The summed E-state index contributed by atoms with van der Waals surface area (Å²) in [7, 11) is 1.70. The van der Waals surface area contributed by atoms with Gasteiger partial charge in [-0.1, -0.05) is 29.8 Å². The molecule has 0 unspecified atom stereocenters. The molecular formula is C23H31Cl2N3O3S. The Hall–Kier alpha value is -1.64. The van der Waals surface area contributed by atoms with E-state index in [1.165, 1.54) is 15.7 Å². The fraction of sp³-hybridized carbons (Fsp3) is 0.435. The van der Waals surface area contributed by atoms with Gasteiger partial charge in [0.05, 0.1) is 5.69 Å². The van der Waals surface area contributed by atoms with Crippen molar-refractivity contribution in [3.05, 3.63) is 64.2 Å². The number of benzene rings is 2. The van der Waals surface area contributed by atoms with Gasteiger partial charge in [-0.25, -0.2) is 0 Å². The van der Waals surface area contributed by atoms with E-state index in [1.807, 2.05) is 24.3 Å². The molecule has 32 heavy (non-hydrogen) atoms. The zero-order chi connectivity index (χ0) is 22.6. The summed E-state index contributed by atoms with van der Waals surface area (Å²) in [6.07, 6.45) is 3.16. The Morgan fingerprint density at radius 1 is 1.09 bits per heavy atom. The molecule has 2 aromatic carbocycles. The van der Waals surface area contributed by atoms with Crippen LogP contribution in [0.15, 0.2) is 42.5 Å². The van der Waals surface area contributed by atoms with Crippen LogP contribution in [0.25, 0.3) is 0 Å². The normalized spacial score (nSPS) is 15.3. The van der Waals surface area contributed by atoms with E-state index in [0.717, 1.165) is 48.5 Å². The smallest absolute Gasteiger partial charge is 0.303 e. The fourth-order valence-electron chi connectivity index (χ4n) is 3.78. The van der Waals surface area contributed by atoms with Gasteiger partial charge in [-0.3, -0.25) is 9.10 Å². The van der Waals surface area contributed by atoms with E-state index in [9.17, 15) is 13.2 Å². The van der Waals surface area contributed by atoms with Crippen molar-refractivity contribution in [3.63, 3.8) is 0 Å². The molecule has 0 saturated carbocycles. The highest BCUT2D eigenvalue weighted by atomic mass is 35.5. The summed E-state index contributed by atoms with van der Waals surface area (Å²) >= 11 is 6.21. The van der Waals surface area contributed by atoms with Gasteiger partial charge in [0.2, 0.25) is 0 Å². The predicted molar refractivity (Wildman–Crippen MR) is 133 cm³/mol. The van der Waals surface area contributed by atoms with Crippen molar-refractivity contribution in [2.45, 2.75) is 32.2 Å². The lowest BCUT2D eigenvalue weighted by Gasteiger charge is -2.33. The molecular weight excluding hydrogens is 469 g/mol. The number of carbonyl (C=O) groups excluding carboxylic acids is 1. The average Bonchev–Trinajstić information content (AvgIpc) is 2.74. The number of ketones is 1. The predicted octanol–water partition coefficient (Wildman–Crippen LogP) is 4.42. The van der Waals surface area contributed by atoms with Gasteiger partial charge in [0, 0.05) is 44.2 Å². The summed E-state index contributed by atoms with van der Waals surface area (Å²) in [6, 6.07) is 13.2. The minimum Gasteiger partial charge on any atom is -0.306 e. The summed E-state index contributed by atoms with van der Waals surface area (Å²) in [5.74, 6) is 0.0975. The van der Waals surface area contributed by atoms with Crippen LogP contribution < -0.4 is 4.31 Å². The monoisotopic (exact) mass is 499 g/mol. The molecule has 0 amide bonds. The molecule has 6 nitrogen and oxygen atoms in total. The number of rotatable bonds is 9. The average molecular weight is 500 g/mol. The van der Waals surface area contributed by atoms with Crippen LogP contribution in [0.5, 0.6) is 0 Å². The highest BCUT2D eigenvalue weighted by Gasteiger charge is 2.31. The first-order valence-corrected chi connectivity index (χ1v) is 12.3. The number of Topliss-reactive ketones (excluding diaryl/α,β-unsaturated/α-hetero) is 1. The summed E-state index contributed by atoms with van der Waals surface area (Å²) in [5.41, 5.74) is 3.29. The van der Waals surface area contributed by atoms with E-state index in [1.54, 1.807) is 19.2 Å². The first-order chi connectivity index (χ1) is 14.7. The van der Waals surface area contributed by atoms with Gasteiger partial charge in [-0.15, -0.1) is 12.4 Å². The van der Waals surface area contributed by atoms with Gasteiger partial charge in [0.1, 0.15) is 0 Å². The molecule has 3 rings (SSSR count). The zero-order valence-electron chi connectivity index (χ0n) is 18.8. The van der Waals surface area contributed by atoms with E-state index in [4.69, 9.17) is 11.6 Å². The molecule has 176 valence electrons. The fourth-order valence-corrected chi connectivity index (χ4v) is 5.16. The molecule has 0 saturated heterocycles. The molecule has 0 radical (unpaired) electrons. The Balaban J connectivity index is 0.00000363. The first kappa shape index (κ1) is 26.6. The first-order valence-electron chi connectivity index (χ1n) is 10.5.